The molecule has 0 saturated heterocycles. The molecule has 2 heterocycles. The zero-order chi connectivity index (χ0) is 17.8. The van der Waals surface area contributed by atoms with Crippen LogP contribution >= 0.6 is 11.6 Å². The Hall–Kier alpha value is -2.73. The van der Waals surface area contributed by atoms with Gasteiger partial charge in [0.05, 0.1) is 23.6 Å². The Morgan fingerprint density at radius 2 is 2.16 bits per heavy atom. The Labute approximate surface area is 150 Å². The first-order chi connectivity index (χ1) is 12.1. The first-order valence-electron chi connectivity index (χ1n) is 7.76. The van der Waals surface area contributed by atoms with Crippen LogP contribution in [0.3, 0.4) is 0 Å². The number of nitrogens with zero attached hydrogens (tertiary/aromatic N) is 3. The topological polar surface area (TPSA) is 71.9 Å². The molecule has 0 N–H and O–H groups in total. The minimum absolute atomic E-state index is 0.0156. The first-order valence-corrected chi connectivity index (χ1v) is 8.13. The van der Waals surface area contributed by atoms with Gasteiger partial charge in [-0.15, -0.1) is 0 Å². The summed E-state index contributed by atoms with van der Waals surface area (Å²) in [6.07, 6.45) is 1.67. The number of carbonyl (C=O) groups excluding carboxylic acids is 2. The SMILES string of the molecule is CC(=O)OCCN1C(=O)CN=C(c2ccccn2)c2cc(Cl)ccc21. The number of halogens is 1. The number of hydrogen-bond acceptors (Lipinski definition) is 5. The van der Waals surface area contributed by atoms with Gasteiger partial charge in [0.25, 0.3) is 0 Å². The van der Waals surface area contributed by atoms with Crippen LogP contribution in [0, 0.1) is 0 Å². The average molecular weight is 358 g/mol. The van der Waals surface area contributed by atoms with Crippen molar-refractivity contribution in [1.29, 1.82) is 0 Å². The van der Waals surface area contributed by atoms with E-state index in [2.05, 4.69) is 9.98 Å². The number of fused-ring (bicyclic) bond motifs is 1. The molecule has 0 aliphatic carbocycles. The lowest BCUT2D eigenvalue weighted by Crippen LogP contribution is -2.35. The predicted octanol–water partition coefficient (Wildman–Crippen LogP) is 2.48. The van der Waals surface area contributed by atoms with Gasteiger partial charge in [-0.05, 0) is 30.3 Å². The minimum Gasteiger partial charge on any atom is -0.464 e. The molecule has 1 aliphatic rings. The second-order valence-electron chi connectivity index (χ2n) is 5.43. The highest BCUT2D eigenvalue weighted by Gasteiger charge is 2.25. The number of aromatic nitrogens is 1. The molecule has 0 saturated carbocycles. The van der Waals surface area contributed by atoms with E-state index in [1.54, 1.807) is 29.3 Å². The van der Waals surface area contributed by atoms with Crippen molar-refractivity contribution < 1.29 is 14.3 Å². The van der Waals surface area contributed by atoms with Crippen molar-refractivity contribution in [3.05, 3.63) is 58.9 Å². The molecule has 1 amide bonds. The van der Waals surface area contributed by atoms with Gasteiger partial charge in [0.15, 0.2) is 0 Å². The zero-order valence-electron chi connectivity index (χ0n) is 13.6. The summed E-state index contributed by atoms with van der Waals surface area (Å²) in [5, 5.41) is 0.539. The fraction of sp³-hybridized carbons (Fsp3) is 0.222. The molecule has 2 aromatic rings. The molecule has 25 heavy (non-hydrogen) atoms. The second kappa shape index (κ2) is 7.44. The summed E-state index contributed by atoms with van der Waals surface area (Å²) in [6.45, 7) is 1.68. The average Bonchev–Trinajstić information content (AvgIpc) is 2.72. The normalized spacial score (nSPS) is 13.8. The van der Waals surface area contributed by atoms with E-state index < -0.39 is 0 Å². The molecule has 0 atom stereocenters. The Kier molecular flexibility index (Phi) is 5.09. The van der Waals surface area contributed by atoms with E-state index in [0.29, 0.717) is 22.1 Å². The highest BCUT2D eigenvalue weighted by atomic mass is 35.5. The van der Waals surface area contributed by atoms with Crippen molar-refractivity contribution in [1.82, 2.24) is 4.98 Å². The highest BCUT2D eigenvalue weighted by molar-refractivity contribution is 6.31. The Balaban J connectivity index is 2.02. The van der Waals surface area contributed by atoms with Crippen molar-refractivity contribution in [2.24, 2.45) is 4.99 Å². The number of benzene rings is 1. The third kappa shape index (κ3) is 3.85. The van der Waals surface area contributed by atoms with Gasteiger partial charge in [-0.1, -0.05) is 17.7 Å². The number of amides is 1. The maximum Gasteiger partial charge on any atom is 0.302 e. The summed E-state index contributed by atoms with van der Waals surface area (Å²) in [6, 6.07) is 10.8. The molecule has 1 aromatic carbocycles. The van der Waals surface area contributed by atoms with Gasteiger partial charge in [0.1, 0.15) is 13.2 Å². The maximum absolute atomic E-state index is 12.5. The van der Waals surface area contributed by atoms with Crippen LogP contribution in [0.5, 0.6) is 0 Å². The van der Waals surface area contributed by atoms with Crippen LogP contribution in [0.4, 0.5) is 5.69 Å². The lowest BCUT2D eigenvalue weighted by atomic mass is 10.0. The number of aliphatic imine (C=N–C) groups is 1. The fourth-order valence-electron chi connectivity index (χ4n) is 2.63. The monoisotopic (exact) mass is 357 g/mol. The van der Waals surface area contributed by atoms with E-state index in [4.69, 9.17) is 16.3 Å². The Morgan fingerprint density at radius 3 is 2.88 bits per heavy atom. The molecule has 0 unspecified atom stereocenters. The number of benzodiazepines with no additional fused rings is 1. The van der Waals surface area contributed by atoms with Gasteiger partial charge in [0.2, 0.25) is 5.91 Å². The standard InChI is InChI=1S/C18H16ClN3O3/c1-12(23)25-9-8-22-16-6-5-13(19)10-14(16)18(21-11-17(22)24)15-4-2-3-7-20-15/h2-7,10H,8-9,11H2,1H3. The number of pyridine rings is 1. The lowest BCUT2D eigenvalue weighted by Gasteiger charge is -2.23. The van der Waals surface area contributed by atoms with E-state index in [1.807, 2.05) is 18.2 Å². The Bertz CT molecular complexity index is 837. The molecule has 1 aliphatic heterocycles. The molecule has 0 fully saturated rings. The van der Waals surface area contributed by atoms with Crippen molar-refractivity contribution in [2.75, 3.05) is 24.6 Å². The number of anilines is 1. The second-order valence-corrected chi connectivity index (χ2v) is 5.86. The highest BCUT2D eigenvalue weighted by Crippen LogP contribution is 2.29. The third-order valence-electron chi connectivity index (χ3n) is 3.71. The summed E-state index contributed by atoms with van der Waals surface area (Å²) in [7, 11) is 0. The summed E-state index contributed by atoms with van der Waals surface area (Å²) in [5.41, 5.74) is 2.67. The molecule has 0 radical (unpaired) electrons. The van der Waals surface area contributed by atoms with Crippen molar-refractivity contribution >= 4 is 34.9 Å². The molecule has 3 rings (SSSR count). The van der Waals surface area contributed by atoms with Gasteiger partial charge >= 0.3 is 5.97 Å². The van der Waals surface area contributed by atoms with Gasteiger partial charge in [0, 0.05) is 23.7 Å². The van der Waals surface area contributed by atoms with Crippen LogP contribution in [0.1, 0.15) is 18.2 Å². The fourth-order valence-corrected chi connectivity index (χ4v) is 2.80. The van der Waals surface area contributed by atoms with Crippen LogP contribution in [-0.4, -0.2) is 42.3 Å². The van der Waals surface area contributed by atoms with E-state index in [9.17, 15) is 9.59 Å². The van der Waals surface area contributed by atoms with E-state index >= 15 is 0 Å². The lowest BCUT2D eigenvalue weighted by molar-refractivity contribution is -0.140. The molecule has 0 spiro atoms. The smallest absolute Gasteiger partial charge is 0.302 e. The van der Waals surface area contributed by atoms with Crippen LogP contribution in [0.25, 0.3) is 0 Å². The third-order valence-corrected chi connectivity index (χ3v) is 3.94. The summed E-state index contributed by atoms with van der Waals surface area (Å²) >= 11 is 6.16. The van der Waals surface area contributed by atoms with Crippen molar-refractivity contribution in [2.45, 2.75) is 6.92 Å². The van der Waals surface area contributed by atoms with E-state index in [0.717, 1.165) is 5.56 Å². The number of carbonyl (C=O) groups is 2. The number of ether oxygens (including phenoxy) is 1. The molecule has 7 heteroatoms. The summed E-state index contributed by atoms with van der Waals surface area (Å²) in [5.74, 6) is -0.564. The molecular formula is C18H16ClN3O3. The molecule has 6 nitrogen and oxygen atoms in total. The molecule has 0 bridgehead atoms. The van der Waals surface area contributed by atoms with Gasteiger partial charge in [-0.2, -0.15) is 0 Å². The van der Waals surface area contributed by atoms with Crippen molar-refractivity contribution in [3.8, 4) is 0 Å². The largest absolute Gasteiger partial charge is 0.464 e. The summed E-state index contributed by atoms with van der Waals surface area (Å²) in [4.78, 5) is 33.9. The maximum atomic E-state index is 12.5. The summed E-state index contributed by atoms with van der Waals surface area (Å²) < 4.78 is 4.98. The number of hydrogen-bond donors (Lipinski definition) is 0. The number of rotatable bonds is 4. The zero-order valence-corrected chi connectivity index (χ0v) is 14.4. The number of esters is 1. The van der Waals surface area contributed by atoms with Crippen LogP contribution in [0.2, 0.25) is 5.02 Å². The Morgan fingerprint density at radius 1 is 1.32 bits per heavy atom. The first kappa shape index (κ1) is 17.1. The van der Waals surface area contributed by atoms with Gasteiger partial charge in [-0.25, -0.2) is 0 Å². The molecular weight excluding hydrogens is 342 g/mol. The van der Waals surface area contributed by atoms with Crippen LogP contribution < -0.4 is 4.90 Å². The van der Waals surface area contributed by atoms with Gasteiger partial charge < -0.3 is 9.64 Å². The van der Waals surface area contributed by atoms with E-state index in [-0.39, 0.29) is 31.6 Å². The van der Waals surface area contributed by atoms with Crippen LogP contribution in [0.15, 0.2) is 47.6 Å². The van der Waals surface area contributed by atoms with Gasteiger partial charge in [-0.3, -0.25) is 19.6 Å². The predicted molar refractivity (Wildman–Crippen MR) is 95.2 cm³/mol. The molecule has 128 valence electrons. The minimum atomic E-state index is -0.385. The van der Waals surface area contributed by atoms with E-state index in [1.165, 1.54) is 6.92 Å². The molecule has 1 aromatic heterocycles. The quantitative estimate of drug-likeness (QED) is 0.788. The van der Waals surface area contributed by atoms with Crippen LogP contribution in [-0.2, 0) is 14.3 Å². The van der Waals surface area contributed by atoms with Crippen molar-refractivity contribution in [3.63, 3.8) is 0 Å².